The van der Waals surface area contributed by atoms with Crippen molar-refractivity contribution in [3.63, 3.8) is 0 Å². The fraction of sp³-hybridized carbons (Fsp3) is 0.600. The SMILES string of the molecule is C[C@H](OC(=O)c1ccc(Cl)c(S(=O)(=O)N2CCCCC2)c1)C(=O)NC1CCCC1. The van der Waals surface area contributed by atoms with Crippen molar-refractivity contribution in [3.8, 4) is 0 Å². The molecular formula is C20H27ClN2O5S. The number of amides is 1. The molecule has 0 radical (unpaired) electrons. The maximum Gasteiger partial charge on any atom is 0.338 e. The van der Waals surface area contributed by atoms with Gasteiger partial charge in [-0.05, 0) is 50.8 Å². The van der Waals surface area contributed by atoms with Crippen molar-refractivity contribution >= 4 is 33.5 Å². The van der Waals surface area contributed by atoms with Gasteiger partial charge < -0.3 is 10.1 Å². The van der Waals surface area contributed by atoms with Crippen LogP contribution in [0.5, 0.6) is 0 Å². The van der Waals surface area contributed by atoms with Crippen LogP contribution < -0.4 is 5.32 Å². The summed E-state index contributed by atoms with van der Waals surface area (Å²) in [7, 11) is -3.79. The van der Waals surface area contributed by atoms with Crippen molar-refractivity contribution in [2.24, 2.45) is 0 Å². The van der Waals surface area contributed by atoms with Gasteiger partial charge in [0.15, 0.2) is 6.10 Å². The fourth-order valence-corrected chi connectivity index (χ4v) is 5.76. The molecule has 1 aromatic rings. The van der Waals surface area contributed by atoms with Crippen LogP contribution >= 0.6 is 11.6 Å². The molecule has 9 heteroatoms. The van der Waals surface area contributed by atoms with E-state index < -0.39 is 22.1 Å². The molecule has 3 rings (SSSR count). The predicted molar refractivity (Wildman–Crippen MR) is 109 cm³/mol. The van der Waals surface area contributed by atoms with E-state index >= 15 is 0 Å². The molecule has 1 saturated heterocycles. The molecular weight excluding hydrogens is 416 g/mol. The Bertz CT molecular complexity index is 862. The average Bonchev–Trinajstić information content (AvgIpc) is 3.21. The van der Waals surface area contributed by atoms with Crippen LogP contribution in [0.1, 0.15) is 62.2 Å². The van der Waals surface area contributed by atoms with E-state index in [9.17, 15) is 18.0 Å². The maximum atomic E-state index is 12.9. The van der Waals surface area contributed by atoms with Crippen LogP contribution in [0.4, 0.5) is 0 Å². The van der Waals surface area contributed by atoms with Gasteiger partial charge in [-0.15, -0.1) is 0 Å². The van der Waals surface area contributed by atoms with E-state index in [1.807, 2.05) is 0 Å². The van der Waals surface area contributed by atoms with Gasteiger partial charge in [0.25, 0.3) is 5.91 Å². The number of sulfonamides is 1. The molecule has 1 aliphatic carbocycles. The zero-order chi connectivity index (χ0) is 21.0. The van der Waals surface area contributed by atoms with Crippen LogP contribution in [-0.4, -0.2) is 49.8 Å². The van der Waals surface area contributed by atoms with Crippen molar-refractivity contribution < 1.29 is 22.7 Å². The number of ether oxygens (including phenoxy) is 1. The van der Waals surface area contributed by atoms with Gasteiger partial charge in [0, 0.05) is 19.1 Å². The molecule has 7 nitrogen and oxygen atoms in total. The van der Waals surface area contributed by atoms with Crippen molar-refractivity contribution in [2.45, 2.75) is 68.9 Å². The highest BCUT2D eigenvalue weighted by Crippen LogP contribution is 2.28. The summed E-state index contributed by atoms with van der Waals surface area (Å²) >= 11 is 6.13. The van der Waals surface area contributed by atoms with Gasteiger partial charge in [0.05, 0.1) is 10.6 Å². The van der Waals surface area contributed by atoms with Gasteiger partial charge in [-0.2, -0.15) is 4.31 Å². The van der Waals surface area contributed by atoms with E-state index in [1.54, 1.807) is 0 Å². The minimum absolute atomic E-state index is 0.0468. The Morgan fingerprint density at radius 1 is 1.14 bits per heavy atom. The van der Waals surface area contributed by atoms with E-state index in [1.165, 1.54) is 29.4 Å². The largest absolute Gasteiger partial charge is 0.449 e. The Morgan fingerprint density at radius 2 is 1.79 bits per heavy atom. The number of nitrogens with one attached hydrogen (secondary N) is 1. The normalized spacial score (nSPS) is 19.7. The van der Waals surface area contributed by atoms with E-state index in [4.69, 9.17) is 16.3 Å². The lowest BCUT2D eigenvalue weighted by molar-refractivity contribution is -0.129. The minimum atomic E-state index is -3.79. The van der Waals surface area contributed by atoms with Gasteiger partial charge in [-0.1, -0.05) is 30.9 Å². The molecule has 1 heterocycles. The number of halogens is 1. The Balaban J connectivity index is 1.71. The Hall–Kier alpha value is -1.64. The summed E-state index contributed by atoms with van der Waals surface area (Å²) in [5.74, 6) is -1.11. The molecule has 29 heavy (non-hydrogen) atoms. The van der Waals surface area contributed by atoms with Crippen molar-refractivity contribution in [1.29, 1.82) is 0 Å². The highest BCUT2D eigenvalue weighted by molar-refractivity contribution is 7.89. The smallest absolute Gasteiger partial charge is 0.338 e. The first-order valence-corrected chi connectivity index (χ1v) is 11.9. The molecule has 2 fully saturated rings. The molecule has 1 aliphatic heterocycles. The number of esters is 1. The molecule has 0 unspecified atom stereocenters. The van der Waals surface area contributed by atoms with Crippen molar-refractivity contribution in [2.75, 3.05) is 13.1 Å². The summed E-state index contributed by atoms with van der Waals surface area (Å²) in [6.45, 7) is 2.38. The van der Waals surface area contributed by atoms with Crippen molar-refractivity contribution in [1.82, 2.24) is 9.62 Å². The van der Waals surface area contributed by atoms with E-state index in [-0.39, 0.29) is 27.4 Å². The first kappa shape index (κ1) is 22.1. The van der Waals surface area contributed by atoms with Gasteiger partial charge >= 0.3 is 5.97 Å². The molecule has 1 saturated carbocycles. The number of nitrogens with zero attached hydrogens (tertiary/aromatic N) is 1. The van der Waals surface area contributed by atoms with Gasteiger partial charge in [0.2, 0.25) is 10.0 Å². The van der Waals surface area contributed by atoms with Crippen LogP contribution in [0, 0.1) is 0 Å². The summed E-state index contributed by atoms with van der Waals surface area (Å²) in [4.78, 5) is 24.6. The molecule has 1 amide bonds. The highest BCUT2D eigenvalue weighted by Gasteiger charge is 2.30. The first-order chi connectivity index (χ1) is 13.8. The lowest BCUT2D eigenvalue weighted by atomic mass is 10.2. The van der Waals surface area contributed by atoms with Crippen LogP contribution in [-0.2, 0) is 19.6 Å². The third kappa shape index (κ3) is 5.29. The van der Waals surface area contributed by atoms with Crippen LogP contribution in [0.25, 0.3) is 0 Å². The monoisotopic (exact) mass is 442 g/mol. The quantitative estimate of drug-likeness (QED) is 0.683. The Kier molecular flexibility index (Phi) is 7.19. The zero-order valence-electron chi connectivity index (χ0n) is 16.5. The second kappa shape index (κ2) is 9.45. The standard InChI is InChI=1S/C20H27ClN2O5S/c1-14(19(24)22-16-7-3-4-8-16)28-20(25)15-9-10-17(21)18(13-15)29(26,27)23-11-5-2-6-12-23/h9-10,13-14,16H,2-8,11-12H2,1H3,(H,22,24)/t14-/m0/s1. The Labute approximate surface area is 176 Å². The van der Waals surface area contributed by atoms with Gasteiger partial charge in [-0.25, -0.2) is 13.2 Å². The second-order valence-corrected chi connectivity index (χ2v) is 9.96. The lowest BCUT2D eigenvalue weighted by Crippen LogP contribution is -2.40. The predicted octanol–water partition coefficient (Wildman–Crippen LogP) is 3.12. The maximum absolute atomic E-state index is 12.9. The van der Waals surface area contributed by atoms with E-state index in [0.29, 0.717) is 13.1 Å². The number of hydrogen-bond donors (Lipinski definition) is 1. The molecule has 2 aliphatic rings. The van der Waals surface area contributed by atoms with E-state index in [2.05, 4.69) is 5.32 Å². The van der Waals surface area contributed by atoms with Crippen LogP contribution in [0.15, 0.2) is 23.1 Å². The number of carbonyl (C=O) groups excluding carboxylic acids is 2. The minimum Gasteiger partial charge on any atom is -0.449 e. The number of benzene rings is 1. The number of rotatable bonds is 6. The molecule has 1 atom stereocenters. The highest BCUT2D eigenvalue weighted by atomic mass is 35.5. The van der Waals surface area contributed by atoms with Gasteiger partial charge in [0.1, 0.15) is 4.90 Å². The first-order valence-electron chi connectivity index (χ1n) is 10.1. The third-order valence-corrected chi connectivity index (χ3v) is 7.83. The number of piperidine rings is 1. The lowest BCUT2D eigenvalue weighted by Gasteiger charge is -2.26. The summed E-state index contributed by atoms with van der Waals surface area (Å²) < 4.78 is 32.5. The molecule has 1 aromatic carbocycles. The molecule has 0 spiro atoms. The third-order valence-electron chi connectivity index (χ3n) is 5.45. The van der Waals surface area contributed by atoms with E-state index in [0.717, 1.165) is 44.9 Å². The number of hydrogen-bond acceptors (Lipinski definition) is 5. The summed E-state index contributed by atoms with van der Waals surface area (Å²) in [6, 6.07) is 4.14. The molecule has 0 aromatic heterocycles. The molecule has 160 valence electrons. The summed E-state index contributed by atoms with van der Waals surface area (Å²) in [5, 5.41) is 2.94. The molecule has 1 N–H and O–H groups in total. The molecule has 0 bridgehead atoms. The van der Waals surface area contributed by atoms with Crippen molar-refractivity contribution in [3.05, 3.63) is 28.8 Å². The number of carbonyl (C=O) groups is 2. The van der Waals surface area contributed by atoms with Gasteiger partial charge in [-0.3, -0.25) is 4.79 Å². The Morgan fingerprint density at radius 3 is 2.45 bits per heavy atom. The fourth-order valence-electron chi connectivity index (χ4n) is 3.74. The average molecular weight is 443 g/mol. The summed E-state index contributed by atoms with van der Waals surface area (Å²) in [6.07, 6.45) is 5.64. The zero-order valence-corrected chi connectivity index (χ0v) is 18.1. The topological polar surface area (TPSA) is 92.8 Å². The second-order valence-electron chi connectivity index (χ2n) is 7.65. The summed E-state index contributed by atoms with van der Waals surface area (Å²) in [5.41, 5.74) is 0.0468. The van der Waals surface area contributed by atoms with Crippen LogP contribution in [0.3, 0.4) is 0 Å². The van der Waals surface area contributed by atoms with Crippen LogP contribution in [0.2, 0.25) is 5.02 Å².